The lowest BCUT2D eigenvalue weighted by atomic mass is 9.52. The summed E-state index contributed by atoms with van der Waals surface area (Å²) in [6.07, 6.45) is 2.25. The van der Waals surface area contributed by atoms with Crippen LogP contribution in [0.15, 0.2) is 72.8 Å². The number of likely N-dealkylation sites (tertiary alicyclic amines) is 1. The number of aryl methyl sites for hydroxylation is 1. The quantitative estimate of drug-likeness (QED) is 0.299. The van der Waals surface area contributed by atoms with Gasteiger partial charge in [-0.25, -0.2) is 0 Å². The molecular weight excluding hydrogens is 532 g/mol. The highest BCUT2D eigenvalue weighted by molar-refractivity contribution is 7.12. The summed E-state index contributed by atoms with van der Waals surface area (Å²) in [6.45, 7) is 9.80. The first-order chi connectivity index (χ1) is 19.6. The number of nitrogens with zero attached hydrogens (tertiary/aromatic N) is 1. The Balaban J connectivity index is 1.45. The summed E-state index contributed by atoms with van der Waals surface area (Å²) in [4.78, 5) is 30.6. The van der Waals surface area contributed by atoms with Crippen LogP contribution in [0.5, 0.6) is 0 Å². The van der Waals surface area contributed by atoms with Crippen LogP contribution in [0.25, 0.3) is 0 Å². The largest absolute Gasteiger partial charge is 0.481 e. The normalized spacial score (nSPS) is 30.1. The van der Waals surface area contributed by atoms with E-state index in [4.69, 9.17) is 0 Å². The minimum atomic E-state index is -1.28. The van der Waals surface area contributed by atoms with Gasteiger partial charge in [0.1, 0.15) is 0 Å². The zero-order valence-electron chi connectivity index (χ0n) is 24.5. The number of nitrogens with one attached hydrogen (secondary N) is 1. The van der Waals surface area contributed by atoms with Crippen molar-refractivity contribution in [2.24, 2.45) is 10.8 Å². The summed E-state index contributed by atoms with van der Waals surface area (Å²) < 4.78 is 0. The molecule has 5 unspecified atom stereocenters. The van der Waals surface area contributed by atoms with Gasteiger partial charge in [0, 0.05) is 33.2 Å². The number of aliphatic carboxylic acids is 2. The number of rotatable bonds is 8. The minimum absolute atomic E-state index is 0.0858. The molecule has 2 aliphatic heterocycles. The van der Waals surface area contributed by atoms with Crippen molar-refractivity contribution in [2.75, 3.05) is 19.6 Å². The van der Waals surface area contributed by atoms with E-state index in [2.05, 4.69) is 70.9 Å². The molecule has 7 heteroatoms. The highest BCUT2D eigenvalue weighted by atomic mass is 32.1. The second-order valence-electron chi connectivity index (χ2n) is 12.3. The van der Waals surface area contributed by atoms with Gasteiger partial charge >= 0.3 is 11.9 Å². The third kappa shape index (κ3) is 4.92. The molecular formula is C34H42N2O4S. The highest BCUT2D eigenvalue weighted by Gasteiger charge is 2.65. The number of piperidine rings is 2. The topological polar surface area (TPSA) is 89.9 Å². The smallest absolute Gasteiger partial charge is 0.311 e. The average Bonchev–Trinajstić information content (AvgIpc) is 3.40. The maximum Gasteiger partial charge on any atom is 0.311 e. The number of thiophene rings is 1. The molecule has 0 saturated carbocycles. The van der Waals surface area contributed by atoms with E-state index in [1.54, 1.807) is 6.92 Å². The van der Waals surface area contributed by atoms with Gasteiger partial charge in [0.2, 0.25) is 0 Å². The fourth-order valence-corrected chi connectivity index (χ4v) is 8.95. The lowest BCUT2D eigenvalue weighted by molar-refractivity contribution is -0.171. The van der Waals surface area contributed by atoms with Crippen LogP contribution in [0.4, 0.5) is 0 Å². The Morgan fingerprint density at radius 3 is 1.90 bits per heavy atom. The Hall–Kier alpha value is -3.00. The Bertz CT molecular complexity index is 1330. The molecule has 3 heterocycles. The molecule has 0 radical (unpaired) electrons. The van der Waals surface area contributed by atoms with Crippen LogP contribution in [-0.2, 0) is 15.0 Å². The van der Waals surface area contributed by atoms with E-state index < -0.39 is 34.7 Å². The van der Waals surface area contributed by atoms with Crippen molar-refractivity contribution in [3.8, 4) is 0 Å². The molecule has 2 aromatic carbocycles. The number of hydrogen-bond donors (Lipinski definition) is 3. The summed E-state index contributed by atoms with van der Waals surface area (Å²) in [5.41, 5.74) is -0.00328. The zero-order valence-corrected chi connectivity index (χ0v) is 25.3. The average molecular weight is 575 g/mol. The predicted octanol–water partition coefficient (Wildman–Crippen LogP) is 6.15. The first-order valence-electron chi connectivity index (χ1n) is 14.7. The zero-order chi connectivity index (χ0) is 29.4. The van der Waals surface area contributed by atoms with Crippen molar-refractivity contribution in [3.05, 3.63) is 93.7 Å². The van der Waals surface area contributed by atoms with Crippen LogP contribution < -0.4 is 5.32 Å². The summed E-state index contributed by atoms with van der Waals surface area (Å²) >= 11 is 1.53. The van der Waals surface area contributed by atoms with Gasteiger partial charge in [-0.2, -0.15) is 0 Å². The number of carboxylic acids is 2. The predicted molar refractivity (Wildman–Crippen MR) is 164 cm³/mol. The van der Waals surface area contributed by atoms with Crippen LogP contribution in [0.1, 0.15) is 66.8 Å². The van der Waals surface area contributed by atoms with E-state index >= 15 is 0 Å². The van der Waals surface area contributed by atoms with Gasteiger partial charge in [-0.1, -0.05) is 60.7 Å². The number of hydrogen-bond acceptors (Lipinski definition) is 5. The molecule has 5 rings (SSSR count). The summed E-state index contributed by atoms with van der Waals surface area (Å²) in [5, 5.41) is 24.9. The first-order valence-corrected chi connectivity index (χ1v) is 15.5. The monoisotopic (exact) mass is 574 g/mol. The van der Waals surface area contributed by atoms with Crippen molar-refractivity contribution in [1.29, 1.82) is 0 Å². The van der Waals surface area contributed by atoms with E-state index in [9.17, 15) is 19.8 Å². The number of benzene rings is 2. The molecule has 218 valence electrons. The first kappa shape index (κ1) is 29.5. The van der Waals surface area contributed by atoms with Gasteiger partial charge in [0.15, 0.2) is 0 Å². The Labute approximate surface area is 247 Å². The van der Waals surface area contributed by atoms with Crippen LogP contribution >= 0.6 is 11.3 Å². The molecule has 0 bridgehead atoms. The van der Waals surface area contributed by atoms with E-state index in [1.807, 2.05) is 32.9 Å². The minimum Gasteiger partial charge on any atom is -0.481 e. The van der Waals surface area contributed by atoms with Gasteiger partial charge in [0.25, 0.3) is 0 Å². The van der Waals surface area contributed by atoms with Crippen molar-refractivity contribution in [1.82, 2.24) is 10.2 Å². The molecule has 3 aromatic rings. The fourth-order valence-electron chi connectivity index (χ4n) is 7.73. The molecule has 41 heavy (non-hydrogen) atoms. The molecule has 6 nitrogen and oxygen atoms in total. The van der Waals surface area contributed by atoms with E-state index in [0.717, 1.165) is 35.7 Å². The standard InChI is InChI=1S/C34H42N2O4S/c1-23-15-16-28(41-23)29-32(4,30(37)38)24(2)35-25(3)34(29,31(39)40)19-22-36-20-17-33(18-21-36,26-11-7-5-8-12-26)27-13-9-6-10-14-27/h5-16,24-25,29,35H,17-22H2,1-4H3,(H,37,38)(H,39,40). The molecule has 5 atom stereocenters. The highest BCUT2D eigenvalue weighted by Crippen LogP contribution is 2.58. The van der Waals surface area contributed by atoms with E-state index in [-0.39, 0.29) is 11.5 Å². The summed E-state index contributed by atoms with van der Waals surface area (Å²) in [7, 11) is 0. The molecule has 1 aromatic heterocycles. The van der Waals surface area contributed by atoms with Gasteiger partial charge in [-0.15, -0.1) is 11.3 Å². The van der Waals surface area contributed by atoms with Crippen LogP contribution in [0.2, 0.25) is 0 Å². The van der Waals surface area contributed by atoms with Crippen molar-refractivity contribution < 1.29 is 19.8 Å². The third-order valence-corrected chi connectivity index (χ3v) is 11.5. The van der Waals surface area contributed by atoms with Gasteiger partial charge in [-0.05, 0) is 89.9 Å². The third-order valence-electron chi connectivity index (χ3n) is 10.4. The van der Waals surface area contributed by atoms with Gasteiger partial charge < -0.3 is 20.4 Å². The molecule has 2 fully saturated rings. The fraction of sp³-hybridized carbons (Fsp3) is 0.471. The second-order valence-corrected chi connectivity index (χ2v) is 13.7. The molecule has 2 saturated heterocycles. The number of carbonyl (C=O) groups is 2. The molecule has 3 N–H and O–H groups in total. The van der Waals surface area contributed by atoms with Crippen LogP contribution in [0.3, 0.4) is 0 Å². The van der Waals surface area contributed by atoms with E-state index in [1.165, 1.54) is 22.5 Å². The number of carboxylic acid groups (broad SMARTS) is 2. The van der Waals surface area contributed by atoms with E-state index in [0.29, 0.717) is 13.0 Å². The molecule has 0 aliphatic carbocycles. The van der Waals surface area contributed by atoms with Gasteiger partial charge in [-0.3, -0.25) is 9.59 Å². The van der Waals surface area contributed by atoms with Crippen LogP contribution in [0, 0.1) is 17.8 Å². The molecule has 0 spiro atoms. The second kappa shape index (κ2) is 11.3. The molecule has 2 aliphatic rings. The maximum atomic E-state index is 13.4. The lowest BCUT2D eigenvalue weighted by Gasteiger charge is -2.56. The lowest BCUT2D eigenvalue weighted by Crippen LogP contribution is -2.69. The molecule has 0 amide bonds. The van der Waals surface area contributed by atoms with Crippen molar-refractivity contribution >= 4 is 23.3 Å². The van der Waals surface area contributed by atoms with Crippen molar-refractivity contribution in [3.63, 3.8) is 0 Å². The SMILES string of the molecule is Cc1ccc(C2C(C)(C(=O)O)C(C)NC(C)C2(CCN2CCC(c3ccccc3)(c3ccccc3)CC2)C(=O)O)s1. The Kier molecular flexibility index (Phi) is 8.16. The maximum absolute atomic E-state index is 13.4. The summed E-state index contributed by atoms with van der Waals surface area (Å²) in [6, 6.07) is 24.6. The van der Waals surface area contributed by atoms with Crippen molar-refractivity contribution in [2.45, 2.75) is 70.4 Å². The van der Waals surface area contributed by atoms with Gasteiger partial charge in [0.05, 0.1) is 10.8 Å². The summed E-state index contributed by atoms with van der Waals surface area (Å²) in [5.74, 6) is -2.54. The Morgan fingerprint density at radius 2 is 1.44 bits per heavy atom. The van der Waals surface area contributed by atoms with Crippen LogP contribution in [-0.4, -0.2) is 58.8 Å². The Morgan fingerprint density at radius 1 is 0.878 bits per heavy atom.